The number of rotatable bonds is 6. The summed E-state index contributed by atoms with van der Waals surface area (Å²) in [6.07, 6.45) is 0.115. The molecule has 35 heavy (non-hydrogen) atoms. The fourth-order valence-electron chi connectivity index (χ4n) is 2.61. The first-order valence-corrected chi connectivity index (χ1v) is 13.3. The predicted molar refractivity (Wildman–Crippen MR) is 136 cm³/mol. The zero-order chi connectivity index (χ0) is 27.0. The summed E-state index contributed by atoms with van der Waals surface area (Å²) in [5.41, 5.74) is -0.620. The third kappa shape index (κ3) is 12.4. The monoisotopic (exact) mass is 510 g/mol. The van der Waals surface area contributed by atoms with Crippen LogP contribution in [0.25, 0.3) is 0 Å². The summed E-state index contributed by atoms with van der Waals surface area (Å²) < 4.78 is 18.9. The second kappa shape index (κ2) is 12.1. The van der Waals surface area contributed by atoms with Crippen LogP contribution < -0.4 is 10.6 Å². The van der Waals surface area contributed by atoms with Gasteiger partial charge >= 0.3 is 12.2 Å². The third-order valence-corrected chi connectivity index (χ3v) is 6.09. The summed E-state index contributed by atoms with van der Waals surface area (Å²) in [6, 6.07) is 7.22. The molecule has 0 aromatic heterocycles. The highest BCUT2D eigenvalue weighted by atomic mass is 32.2. The fourth-order valence-corrected chi connectivity index (χ4v) is 4.70. The molecule has 0 aliphatic heterocycles. The van der Waals surface area contributed by atoms with Crippen LogP contribution in [-0.2, 0) is 34.4 Å². The van der Waals surface area contributed by atoms with Gasteiger partial charge in [0.2, 0.25) is 0 Å². The summed E-state index contributed by atoms with van der Waals surface area (Å²) in [5.74, 6) is -1.06. The number of carbonyl (C=O) groups is 4. The lowest BCUT2D eigenvalue weighted by molar-refractivity contribution is -0.119. The highest BCUT2D eigenvalue weighted by Gasteiger charge is 2.24. The molecule has 0 heterocycles. The van der Waals surface area contributed by atoms with E-state index in [-0.39, 0.29) is 5.75 Å². The molecule has 2 atom stereocenters. The number of amides is 4. The van der Waals surface area contributed by atoms with Crippen LogP contribution in [0.3, 0.4) is 0 Å². The molecule has 0 aliphatic rings. The maximum absolute atomic E-state index is 12.9. The Balaban J connectivity index is 3.21. The van der Waals surface area contributed by atoms with E-state index in [2.05, 4.69) is 19.4 Å². The van der Waals surface area contributed by atoms with E-state index in [1.54, 1.807) is 47.8 Å². The van der Waals surface area contributed by atoms with Crippen molar-refractivity contribution in [2.24, 2.45) is 8.73 Å². The molecule has 0 radical (unpaired) electrons. The van der Waals surface area contributed by atoms with Gasteiger partial charge in [0.05, 0.1) is 0 Å². The van der Waals surface area contributed by atoms with Crippen LogP contribution in [0.1, 0.15) is 61.0 Å². The molecule has 10 nitrogen and oxygen atoms in total. The fraction of sp³-hybridized carbons (Fsp3) is 0.583. The van der Waals surface area contributed by atoms with Crippen molar-refractivity contribution in [3.8, 4) is 0 Å². The van der Waals surface area contributed by atoms with Gasteiger partial charge in [0.15, 0.2) is 0 Å². The zero-order valence-electron chi connectivity index (χ0n) is 22.0. The summed E-state index contributed by atoms with van der Waals surface area (Å²) in [7, 11) is -2.56. The molecular weight excluding hydrogens is 472 g/mol. The Hall–Kier alpha value is -2.95. The summed E-state index contributed by atoms with van der Waals surface area (Å²) in [5, 5.41) is 4.91. The minimum atomic E-state index is -2.56. The van der Waals surface area contributed by atoms with Crippen LogP contribution >= 0.6 is 0 Å². The van der Waals surface area contributed by atoms with Crippen molar-refractivity contribution < 1.29 is 28.7 Å². The maximum Gasteiger partial charge on any atom is 0.408 e. The minimum Gasteiger partial charge on any atom is -0.444 e. The van der Waals surface area contributed by atoms with E-state index < -0.39 is 56.9 Å². The molecule has 0 saturated heterocycles. The third-order valence-electron chi connectivity index (χ3n) is 4.06. The number of ether oxygens (including phenoxy) is 2. The van der Waals surface area contributed by atoms with Gasteiger partial charge in [0, 0.05) is 12.0 Å². The van der Waals surface area contributed by atoms with Gasteiger partial charge in [0.25, 0.3) is 11.8 Å². The van der Waals surface area contributed by atoms with Crippen molar-refractivity contribution >= 4 is 33.6 Å². The first kappa shape index (κ1) is 30.1. The molecule has 0 saturated carbocycles. The SMILES string of the molecule is C[C@H](NC(=O)OC(C)(C)C)C(=O)N=S(C)(Cc1ccccc1)=NC(=O)[C@H](C)NC(=O)OC(C)(C)C. The lowest BCUT2D eigenvalue weighted by Crippen LogP contribution is -2.42. The molecule has 0 aliphatic carbocycles. The first-order valence-electron chi connectivity index (χ1n) is 11.2. The maximum atomic E-state index is 12.9. The van der Waals surface area contributed by atoms with Crippen LogP contribution in [-0.4, -0.2) is 53.5 Å². The van der Waals surface area contributed by atoms with Crippen molar-refractivity contribution in [1.29, 1.82) is 0 Å². The Labute approximate surface area is 208 Å². The van der Waals surface area contributed by atoms with Gasteiger partial charge in [0.1, 0.15) is 23.3 Å². The number of hydrogen-bond acceptors (Lipinski definition) is 6. The molecule has 0 unspecified atom stereocenters. The summed E-state index contributed by atoms with van der Waals surface area (Å²) >= 11 is 0. The molecule has 11 heteroatoms. The predicted octanol–water partition coefficient (Wildman–Crippen LogP) is 4.22. The van der Waals surface area contributed by atoms with Gasteiger partial charge in [-0.15, -0.1) is 0 Å². The van der Waals surface area contributed by atoms with E-state index in [0.29, 0.717) is 0 Å². The van der Waals surface area contributed by atoms with Crippen molar-refractivity contribution in [2.45, 2.75) is 84.4 Å². The smallest absolute Gasteiger partial charge is 0.408 e. The Morgan fingerprint density at radius 3 is 1.51 bits per heavy atom. The number of nitrogens with one attached hydrogen (secondary N) is 2. The molecular formula is C24H38N4O6S. The largest absolute Gasteiger partial charge is 0.444 e. The van der Waals surface area contributed by atoms with Gasteiger partial charge in [-0.05, 0) is 70.6 Å². The number of carbonyl (C=O) groups excluding carboxylic acids is 4. The lowest BCUT2D eigenvalue weighted by atomic mass is 10.2. The topological polar surface area (TPSA) is 136 Å². The second-order valence-corrected chi connectivity index (χ2v) is 12.9. The van der Waals surface area contributed by atoms with Crippen LogP contribution in [0.4, 0.5) is 9.59 Å². The highest BCUT2D eigenvalue weighted by molar-refractivity contribution is 7.94. The number of alkyl carbamates (subject to hydrolysis) is 2. The van der Waals surface area contributed by atoms with Crippen molar-refractivity contribution in [3.05, 3.63) is 35.9 Å². The molecule has 1 aromatic rings. The van der Waals surface area contributed by atoms with E-state index in [4.69, 9.17) is 9.47 Å². The molecule has 0 spiro atoms. The van der Waals surface area contributed by atoms with Crippen LogP contribution in [0.5, 0.6) is 0 Å². The van der Waals surface area contributed by atoms with E-state index in [9.17, 15) is 19.2 Å². The number of nitrogens with zero attached hydrogens (tertiary/aromatic N) is 2. The average Bonchev–Trinajstić information content (AvgIpc) is 2.65. The molecule has 0 bridgehead atoms. The van der Waals surface area contributed by atoms with Crippen molar-refractivity contribution in [1.82, 2.24) is 10.6 Å². The average molecular weight is 511 g/mol. The van der Waals surface area contributed by atoms with Gasteiger partial charge in [-0.1, -0.05) is 30.3 Å². The van der Waals surface area contributed by atoms with Crippen LogP contribution in [0.15, 0.2) is 39.1 Å². The number of benzene rings is 1. The molecule has 4 amide bonds. The van der Waals surface area contributed by atoms with E-state index >= 15 is 0 Å². The first-order chi connectivity index (χ1) is 15.9. The minimum absolute atomic E-state index is 0.226. The summed E-state index contributed by atoms with van der Waals surface area (Å²) in [4.78, 5) is 49.8. The second-order valence-electron chi connectivity index (χ2n) is 10.2. The van der Waals surface area contributed by atoms with E-state index in [1.165, 1.54) is 13.8 Å². The Morgan fingerprint density at radius 1 is 0.800 bits per heavy atom. The molecule has 1 aromatic carbocycles. The quantitative estimate of drug-likeness (QED) is 0.588. The normalized spacial score (nSPS) is 13.6. The zero-order valence-corrected chi connectivity index (χ0v) is 22.8. The summed E-state index contributed by atoms with van der Waals surface area (Å²) in [6.45, 7) is 13.2. The standard InChI is InChI=1S/C24H38N4O6S/c1-16(25-21(31)33-23(3,4)5)19(29)27-35(9,15-18-13-11-10-12-14-18)28-20(30)17(2)26-22(32)34-24(6,7)8/h10-14,16-17H,15H2,1-9H3,(H,25,31)(H,26,32)/t16-,17-/m0/s1. The van der Waals surface area contributed by atoms with Crippen molar-refractivity contribution in [3.63, 3.8) is 0 Å². The number of hydrogen-bond donors (Lipinski definition) is 2. The van der Waals surface area contributed by atoms with Gasteiger partial charge in [-0.25, -0.2) is 9.59 Å². The molecule has 0 fully saturated rings. The van der Waals surface area contributed by atoms with Gasteiger partial charge in [-0.3, -0.25) is 9.59 Å². The van der Waals surface area contributed by atoms with Gasteiger partial charge < -0.3 is 20.1 Å². The molecule has 1 rings (SSSR count). The Kier molecular flexibility index (Phi) is 10.4. The van der Waals surface area contributed by atoms with Crippen molar-refractivity contribution in [2.75, 3.05) is 6.26 Å². The van der Waals surface area contributed by atoms with Crippen LogP contribution in [0, 0.1) is 0 Å². The van der Waals surface area contributed by atoms with Crippen LogP contribution in [0.2, 0.25) is 0 Å². The van der Waals surface area contributed by atoms with E-state index in [0.717, 1.165) is 5.56 Å². The molecule has 2 N–H and O–H groups in total. The Bertz CT molecular complexity index is 988. The van der Waals surface area contributed by atoms with Gasteiger partial charge in [-0.2, -0.15) is 8.73 Å². The highest BCUT2D eigenvalue weighted by Crippen LogP contribution is 2.13. The Morgan fingerprint density at radius 2 is 1.17 bits per heavy atom. The van der Waals surface area contributed by atoms with E-state index in [1.807, 2.05) is 30.3 Å². The molecule has 196 valence electrons. The lowest BCUT2D eigenvalue weighted by Gasteiger charge is -2.21.